The van der Waals surface area contributed by atoms with Gasteiger partial charge in [0.1, 0.15) is 0 Å². The highest BCUT2D eigenvalue weighted by Crippen LogP contribution is 2.31. The molecule has 0 amide bonds. The summed E-state index contributed by atoms with van der Waals surface area (Å²) in [5, 5.41) is 11.3. The maximum Gasteiger partial charge on any atom is 0.233 e. The van der Waals surface area contributed by atoms with Crippen LogP contribution in [-0.4, -0.2) is 64.7 Å². The Hall–Kier alpha value is -2.32. The summed E-state index contributed by atoms with van der Waals surface area (Å²) in [4.78, 5) is 19.2. The highest BCUT2D eigenvalue weighted by atomic mass is 35.5. The van der Waals surface area contributed by atoms with E-state index in [1.54, 1.807) is 0 Å². The van der Waals surface area contributed by atoms with Gasteiger partial charge in [0.2, 0.25) is 17.8 Å². The SMILES string of the molecule is CCCCC1CCCC(Nc2nc(NCC3CCCN3CC)nc(Nc3ccc(N(CC)CC)c(Cl)c3)n2)CC1. The first-order valence-electron chi connectivity index (χ1n) is 15.8. The number of hydrogen-bond donors (Lipinski definition) is 3. The van der Waals surface area contributed by atoms with Crippen molar-refractivity contribution in [3.63, 3.8) is 0 Å². The van der Waals surface area contributed by atoms with Crippen molar-refractivity contribution in [1.82, 2.24) is 19.9 Å². The Morgan fingerprint density at radius 1 is 0.925 bits per heavy atom. The Labute approximate surface area is 247 Å². The number of likely N-dealkylation sites (N-methyl/N-ethyl adjacent to an activating group) is 1. The molecule has 2 aliphatic rings. The second-order valence-electron chi connectivity index (χ2n) is 11.4. The first-order valence-corrected chi connectivity index (χ1v) is 16.2. The van der Waals surface area contributed by atoms with Crippen LogP contribution in [-0.2, 0) is 0 Å². The molecular weight excluding hydrogens is 520 g/mol. The minimum absolute atomic E-state index is 0.392. The van der Waals surface area contributed by atoms with Gasteiger partial charge in [-0.2, -0.15) is 15.0 Å². The number of nitrogens with zero attached hydrogens (tertiary/aromatic N) is 5. The number of aromatic nitrogens is 3. The molecule has 1 aliphatic heterocycles. The van der Waals surface area contributed by atoms with Gasteiger partial charge in [-0.1, -0.05) is 57.6 Å². The second kappa shape index (κ2) is 15.6. The number of nitrogens with one attached hydrogen (secondary N) is 3. The normalized spacial score (nSPS) is 21.7. The molecule has 1 saturated heterocycles. The van der Waals surface area contributed by atoms with E-state index in [1.807, 2.05) is 12.1 Å². The van der Waals surface area contributed by atoms with E-state index in [1.165, 1.54) is 64.3 Å². The number of rotatable bonds is 14. The van der Waals surface area contributed by atoms with Crippen molar-refractivity contribution in [3.05, 3.63) is 23.2 Å². The fourth-order valence-electron chi connectivity index (χ4n) is 6.35. The van der Waals surface area contributed by atoms with Crippen molar-refractivity contribution in [2.45, 2.75) is 104 Å². The van der Waals surface area contributed by atoms with Crippen LogP contribution in [0.15, 0.2) is 18.2 Å². The summed E-state index contributed by atoms with van der Waals surface area (Å²) in [5.41, 5.74) is 1.91. The fourth-order valence-corrected chi connectivity index (χ4v) is 6.65. The van der Waals surface area contributed by atoms with Gasteiger partial charge < -0.3 is 20.9 Å². The van der Waals surface area contributed by atoms with Crippen LogP contribution in [0, 0.1) is 5.92 Å². The molecule has 3 unspecified atom stereocenters. The van der Waals surface area contributed by atoms with Gasteiger partial charge in [0.25, 0.3) is 0 Å². The number of hydrogen-bond acceptors (Lipinski definition) is 8. The van der Waals surface area contributed by atoms with E-state index in [9.17, 15) is 0 Å². The number of benzene rings is 1. The number of likely N-dealkylation sites (tertiary alicyclic amines) is 1. The Balaban J connectivity index is 1.49. The van der Waals surface area contributed by atoms with E-state index in [0.717, 1.165) is 54.9 Å². The van der Waals surface area contributed by atoms with Crippen molar-refractivity contribution in [3.8, 4) is 0 Å². The third-order valence-electron chi connectivity index (χ3n) is 8.73. The Bertz CT molecular complexity index is 1050. The van der Waals surface area contributed by atoms with E-state index in [4.69, 9.17) is 26.6 Å². The number of halogens is 1. The molecule has 3 atom stereocenters. The van der Waals surface area contributed by atoms with Crippen molar-refractivity contribution >= 4 is 40.8 Å². The van der Waals surface area contributed by atoms with Crippen LogP contribution < -0.4 is 20.9 Å². The largest absolute Gasteiger partial charge is 0.371 e. The smallest absolute Gasteiger partial charge is 0.233 e. The number of anilines is 5. The Morgan fingerprint density at radius 3 is 2.48 bits per heavy atom. The molecule has 2 fully saturated rings. The molecule has 0 spiro atoms. The van der Waals surface area contributed by atoms with E-state index >= 15 is 0 Å². The van der Waals surface area contributed by atoms with Gasteiger partial charge >= 0.3 is 0 Å². The zero-order valence-electron chi connectivity index (χ0n) is 25.2. The van der Waals surface area contributed by atoms with Crippen LogP contribution in [0.25, 0.3) is 0 Å². The summed E-state index contributed by atoms with van der Waals surface area (Å²) >= 11 is 6.68. The zero-order chi connectivity index (χ0) is 28.3. The minimum Gasteiger partial charge on any atom is -0.371 e. The standard InChI is InChI=1S/C31H51ClN8/c1-5-9-12-23-13-10-14-24(17-16-23)34-30-36-29(33-22-26-15-11-20-40(26)8-4)37-31(38-30)35-25-18-19-28(27(32)21-25)39(6-2)7-3/h18-19,21,23-24,26H,5-17,20,22H2,1-4H3,(H3,33,34,35,36,37,38). The van der Waals surface area contributed by atoms with Gasteiger partial charge in [-0.25, -0.2) is 0 Å². The third-order valence-corrected chi connectivity index (χ3v) is 9.03. The van der Waals surface area contributed by atoms with Crippen molar-refractivity contribution < 1.29 is 0 Å². The predicted octanol–water partition coefficient (Wildman–Crippen LogP) is 7.56. The maximum absolute atomic E-state index is 6.68. The van der Waals surface area contributed by atoms with E-state index in [2.05, 4.69) is 59.5 Å². The molecule has 8 nitrogen and oxygen atoms in total. The molecule has 1 aromatic carbocycles. The van der Waals surface area contributed by atoms with E-state index in [0.29, 0.717) is 29.9 Å². The zero-order valence-corrected chi connectivity index (χ0v) is 25.9. The highest BCUT2D eigenvalue weighted by Gasteiger charge is 2.24. The lowest BCUT2D eigenvalue weighted by atomic mass is 9.94. The molecule has 1 aromatic heterocycles. The Kier molecular flexibility index (Phi) is 12.0. The van der Waals surface area contributed by atoms with Gasteiger partial charge in [0, 0.05) is 37.4 Å². The van der Waals surface area contributed by atoms with Crippen LogP contribution in [0.5, 0.6) is 0 Å². The predicted molar refractivity (Wildman–Crippen MR) is 170 cm³/mol. The summed E-state index contributed by atoms with van der Waals surface area (Å²) in [6, 6.07) is 6.98. The molecule has 0 radical (unpaired) electrons. The molecule has 2 heterocycles. The van der Waals surface area contributed by atoms with E-state index < -0.39 is 0 Å². The lowest BCUT2D eigenvalue weighted by Crippen LogP contribution is -2.35. The monoisotopic (exact) mass is 570 g/mol. The van der Waals surface area contributed by atoms with Crippen LogP contribution in [0.3, 0.4) is 0 Å². The first-order chi connectivity index (χ1) is 19.5. The molecule has 9 heteroatoms. The van der Waals surface area contributed by atoms with Crippen LogP contribution in [0.4, 0.5) is 29.2 Å². The lowest BCUT2D eigenvalue weighted by molar-refractivity contribution is 0.277. The van der Waals surface area contributed by atoms with Crippen LogP contribution in [0.2, 0.25) is 5.02 Å². The molecular formula is C31H51ClN8. The van der Waals surface area contributed by atoms with Crippen molar-refractivity contribution in [2.24, 2.45) is 5.92 Å². The molecule has 222 valence electrons. The third kappa shape index (κ3) is 8.59. The van der Waals surface area contributed by atoms with Gasteiger partial charge in [0.15, 0.2) is 0 Å². The molecule has 3 N–H and O–H groups in total. The molecule has 1 aliphatic carbocycles. The summed E-state index contributed by atoms with van der Waals surface area (Å²) in [5.74, 6) is 2.64. The summed E-state index contributed by atoms with van der Waals surface area (Å²) in [7, 11) is 0. The van der Waals surface area contributed by atoms with Gasteiger partial charge in [-0.05, 0) is 83.2 Å². The average Bonchev–Trinajstić information content (AvgIpc) is 3.30. The molecule has 1 saturated carbocycles. The van der Waals surface area contributed by atoms with Gasteiger partial charge in [-0.3, -0.25) is 4.90 Å². The molecule has 2 aromatic rings. The van der Waals surface area contributed by atoms with Crippen LogP contribution >= 0.6 is 11.6 Å². The summed E-state index contributed by atoms with van der Waals surface area (Å²) in [6.07, 6.45) is 12.7. The molecule has 40 heavy (non-hydrogen) atoms. The summed E-state index contributed by atoms with van der Waals surface area (Å²) in [6.45, 7) is 13.7. The topological polar surface area (TPSA) is 81.2 Å². The average molecular weight is 571 g/mol. The minimum atomic E-state index is 0.392. The molecule has 0 bridgehead atoms. The Morgan fingerprint density at radius 2 is 1.73 bits per heavy atom. The fraction of sp³-hybridized carbons (Fsp3) is 0.710. The maximum atomic E-state index is 6.68. The first kappa shape index (κ1) is 30.6. The van der Waals surface area contributed by atoms with Gasteiger partial charge in [0.05, 0.1) is 10.7 Å². The highest BCUT2D eigenvalue weighted by molar-refractivity contribution is 6.33. The van der Waals surface area contributed by atoms with Crippen molar-refractivity contribution in [1.29, 1.82) is 0 Å². The van der Waals surface area contributed by atoms with Gasteiger partial charge in [-0.15, -0.1) is 0 Å². The lowest BCUT2D eigenvalue weighted by Gasteiger charge is -2.23. The van der Waals surface area contributed by atoms with E-state index in [-0.39, 0.29) is 0 Å². The molecule has 4 rings (SSSR count). The second-order valence-corrected chi connectivity index (χ2v) is 11.8. The van der Waals surface area contributed by atoms with Crippen molar-refractivity contribution in [2.75, 3.05) is 53.6 Å². The quantitative estimate of drug-likeness (QED) is 0.201. The van der Waals surface area contributed by atoms with Crippen LogP contribution in [0.1, 0.15) is 91.9 Å². The summed E-state index contributed by atoms with van der Waals surface area (Å²) < 4.78 is 0. The number of unbranched alkanes of at least 4 members (excludes halogenated alkanes) is 1.